The quantitative estimate of drug-likeness (QED) is 0.817. The van der Waals surface area contributed by atoms with Gasteiger partial charge >= 0.3 is 0 Å². The molecule has 0 aromatic heterocycles. The van der Waals surface area contributed by atoms with Crippen molar-refractivity contribution in [3.05, 3.63) is 63.9 Å². The second kappa shape index (κ2) is 7.80. The van der Waals surface area contributed by atoms with Crippen molar-refractivity contribution < 1.29 is 12.8 Å². The topological polar surface area (TPSA) is 49.4 Å². The van der Waals surface area contributed by atoms with Crippen LogP contribution in [0.4, 0.5) is 4.39 Å². The standard InChI is InChI=1S/C16H17Cl2FN2O2S/c1-21(2)15(11-6-8-12(19)9-7-11)10-20-24(22,23)16-13(17)4-3-5-14(16)18/h3-9,15,20H,10H2,1-2H3. The van der Waals surface area contributed by atoms with E-state index in [0.29, 0.717) is 0 Å². The van der Waals surface area contributed by atoms with Gasteiger partial charge in [-0.3, -0.25) is 0 Å². The van der Waals surface area contributed by atoms with Crippen molar-refractivity contribution in [1.29, 1.82) is 0 Å². The molecule has 0 saturated carbocycles. The number of benzene rings is 2. The predicted octanol–water partition coefficient (Wildman–Crippen LogP) is 3.71. The lowest BCUT2D eigenvalue weighted by atomic mass is 10.1. The molecule has 0 amide bonds. The van der Waals surface area contributed by atoms with E-state index < -0.39 is 10.0 Å². The molecule has 130 valence electrons. The van der Waals surface area contributed by atoms with Crippen LogP contribution >= 0.6 is 23.2 Å². The van der Waals surface area contributed by atoms with Gasteiger partial charge in [0.15, 0.2) is 0 Å². The Labute approximate surface area is 151 Å². The molecule has 1 unspecified atom stereocenters. The molecular formula is C16H17Cl2FN2O2S. The second-order valence-electron chi connectivity index (χ2n) is 5.43. The van der Waals surface area contributed by atoms with Gasteiger partial charge in [0, 0.05) is 12.6 Å². The Morgan fingerprint density at radius 2 is 1.62 bits per heavy atom. The predicted molar refractivity (Wildman–Crippen MR) is 94.5 cm³/mol. The number of halogens is 3. The highest BCUT2D eigenvalue weighted by Gasteiger charge is 2.24. The minimum atomic E-state index is -3.88. The second-order valence-corrected chi connectivity index (χ2v) is 7.95. The number of nitrogens with zero attached hydrogens (tertiary/aromatic N) is 1. The molecule has 0 fully saturated rings. The third kappa shape index (κ3) is 4.46. The molecule has 0 saturated heterocycles. The average Bonchev–Trinajstić information content (AvgIpc) is 2.48. The Kier molecular flexibility index (Phi) is 6.22. The van der Waals surface area contributed by atoms with Crippen molar-refractivity contribution in [2.45, 2.75) is 10.9 Å². The van der Waals surface area contributed by atoms with Gasteiger partial charge < -0.3 is 4.90 Å². The number of hydrogen-bond acceptors (Lipinski definition) is 3. The van der Waals surface area contributed by atoms with Crippen LogP contribution in [0.15, 0.2) is 47.4 Å². The first kappa shape index (κ1) is 19.1. The molecule has 0 aliphatic carbocycles. The zero-order valence-electron chi connectivity index (χ0n) is 13.1. The monoisotopic (exact) mass is 390 g/mol. The van der Waals surface area contributed by atoms with Gasteiger partial charge in [-0.05, 0) is 43.9 Å². The fraction of sp³-hybridized carbons (Fsp3) is 0.250. The number of nitrogens with one attached hydrogen (secondary N) is 1. The van der Waals surface area contributed by atoms with Crippen molar-refractivity contribution in [2.24, 2.45) is 0 Å². The summed E-state index contributed by atoms with van der Waals surface area (Å²) in [5, 5.41) is 0.108. The van der Waals surface area contributed by atoms with Crippen LogP contribution in [-0.4, -0.2) is 34.0 Å². The van der Waals surface area contributed by atoms with Crippen molar-refractivity contribution >= 4 is 33.2 Å². The Bertz CT molecular complexity index is 791. The summed E-state index contributed by atoms with van der Waals surface area (Å²) in [4.78, 5) is 1.69. The van der Waals surface area contributed by atoms with E-state index in [-0.39, 0.29) is 33.3 Å². The average molecular weight is 391 g/mol. The van der Waals surface area contributed by atoms with Crippen molar-refractivity contribution in [3.63, 3.8) is 0 Å². The molecule has 8 heteroatoms. The molecule has 0 bridgehead atoms. The number of hydrogen-bond donors (Lipinski definition) is 1. The largest absolute Gasteiger partial charge is 0.301 e. The van der Waals surface area contributed by atoms with Crippen LogP contribution in [0.1, 0.15) is 11.6 Å². The Morgan fingerprint density at radius 1 is 1.08 bits per heavy atom. The number of sulfonamides is 1. The van der Waals surface area contributed by atoms with Crippen LogP contribution in [0.25, 0.3) is 0 Å². The molecule has 0 spiro atoms. The highest BCUT2D eigenvalue weighted by atomic mass is 35.5. The van der Waals surface area contributed by atoms with Crippen LogP contribution in [-0.2, 0) is 10.0 Å². The van der Waals surface area contributed by atoms with Crippen molar-refractivity contribution in [1.82, 2.24) is 9.62 Å². The molecule has 24 heavy (non-hydrogen) atoms. The van der Waals surface area contributed by atoms with Crippen molar-refractivity contribution in [3.8, 4) is 0 Å². The number of rotatable bonds is 6. The fourth-order valence-corrected chi connectivity index (χ4v) is 4.46. The lowest BCUT2D eigenvalue weighted by Crippen LogP contribution is -2.34. The molecule has 4 nitrogen and oxygen atoms in total. The first-order chi connectivity index (χ1) is 11.2. The van der Waals surface area contributed by atoms with Crippen LogP contribution < -0.4 is 4.72 Å². The zero-order valence-corrected chi connectivity index (χ0v) is 15.5. The van der Waals surface area contributed by atoms with Gasteiger partial charge in [0.2, 0.25) is 10.0 Å². The smallest absolute Gasteiger partial charge is 0.243 e. The molecule has 2 aromatic carbocycles. The molecule has 0 heterocycles. The van der Waals surface area contributed by atoms with E-state index >= 15 is 0 Å². The first-order valence-corrected chi connectivity index (χ1v) is 9.32. The number of likely N-dealkylation sites (N-methyl/N-ethyl adjacent to an activating group) is 1. The minimum Gasteiger partial charge on any atom is -0.301 e. The van der Waals surface area contributed by atoms with Gasteiger partial charge in [0.1, 0.15) is 10.7 Å². The van der Waals surface area contributed by atoms with Crippen LogP contribution in [0.5, 0.6) is 0 Å². The summed E-state index contributed by atoms with van der Waals surface area (Å²) in [5.41, 5.74) is 0.786. The van der Waals surface area contributed by atoms with E-state index in [1.165, 1.54) is 24.3 Å². The van der Waals surface area contributed by atoms with Crippen LogP contribution in [0, 0.1) is 5.82 Å². The maximum Gasteiger partial charge on any atom is 0.243 e. The molecule has 1 atom stereocenters. The summed E-state index contributed by atoms with van der Waals surface area (Å²) in [6.45, 7) is 0.0858. The van der Waals surface area contributed by atoms with Crippen LogP contribution in [0.3, 0.4) is 0 Å². The van der Waals surface area contributed by atoms with Gasteiger partial charge in [-0.2, -0.15) is 0 Å². The van der Waals surface area contributed by atoms with E-state index in [9.17, 15) is 12.8 Å². The molecule has 1 N–H and O–H groups in total. The fourth-order valence-electron chi connectivity index (χ4n) is 2.28. The third-order valence-corrected chi connectivity index (χ3v) is 5.91. The lowest BCUT2D eigenvalue weighted by molar-refractivity contribution is 0.299. The Hall–Kier alpha value is -1.18. The van der Waals surface area contributed by atoms with Gasteiger partial charge in [-0.15, -0.1) is 0 Å². The highest BCUT2D eigenvalue weighted by Crippen LogP contribution is 2.29. The SMILES string of the molecule is CN(C)C(CNS(=O)(=O)c1c(Cl)cccc1Cl)c1ccc(F)cc1. The maximum atomic E-state index is 13.1. The Balaban J connectivity index is 2.24. The first-order valence-electron chi connectivity index (χ1n) is 7.08. The van der Waals surface area contributed by atoms with E-state index in [0.717, 1.165) is 5.56 Å². The van der Waals surface area contributed by atoms with Gasteiger partial charge in [0.25, 0.3) is 0 Å². The van der Waals surface area contributed by atoms with E-state index in [1.54, 1.807) is 18.2 Å². The normalized spacial score (nSPS) is 13.2. The lowest BCUT2D eigenvalue weighted by Gasteiger charge is -2.25. The third-order valence-electron chi connectivity index (χ3n) is 3.53. The molecule has 2 rings (SSSR count). The summed E-state index contributed by atoms with van der Waals surface area (Å²) in [6, 6.07) is 10.1. The summed E-state index contributed by atoms with van der Waals surface area (Å²) in [6.07, 6.45) is 0. The molecule has 0 radical (unpaired) electrons. The molecule has 0 aliphatic rings. The highest BCUT2D eigenvalue weighted by molar-refractivity contribution is 7.89. The van der Waals surface area contributed by atoms with Crippen molar-refractivity contribution in [2.75, 3.05) is 20.6 Å². The van der Waals surface area contributed by atoms with E-state index in [4.69, 9.17) is 23.2 Å². The summed E-state index contributed by atoms with van der Waals surface area (Å²) < 4.78 is 40.7. The minimum absolute atomic E-state index is 0.0539. The zero-order chi connectivity index (χ0) is 17.9. The summed E-state index contributed by atoms with van der Waals surface area (Å²) in [7, 11) is -0.260. The van der Waals surface area contributed by atoms with Gasteiger partial charge in [-0.25, -0.2) is 17.5 Å². The Morgan fingerprint density at radius 3 is 2.12 bits per heavy atom. The summed E-state index contributed by atoms with van der Waals surface area (Å²) in [5.74, 6) is -0.348. The molecule has 0 aliphatic heterocycles. The van der Waals surface area contributed by atoms with Crippen LogP contribution in [0.2, 0.25) is 10.0 Å². The molecule has 2 aromatic rings. The van der Waals surface area contributed by atoms with E-state index in [1.807, 2.05) is 19.0 Å². The van der Waals surface area contributed by atoms with Gasteiger partial charge in [-0.1, -0.05) is 41.4 Å². The van der Waals surface area contributed by atoms with E-state index in [2.05, 4.69) is 4.72 Å². The maximum absolute atomic E-state index is 13.1. The van der Waals surface area contributed by atoms with Gasteiger partial charge in [0.05, 0.1) is 10.0 Å². The molecular weight excluding hydrogens is 374 g/mol. The summed E-state index contributed by atoms with van der Waals surface area (Å²) >= 11 is 11.9.